The van der Waals surface area contributed by atoms with Crippen LogP contribution in [-0.2, 0) is 6.54 Å². The third-order valence-corrected chi connectivity index (χ3v) is 7.39. The summed E-state index contributed by atoms with van der Waals surface area (Å²) >= 11 is 0. The molecule has 1 aliphatic rings. The van der Waals surface area contributed by atoms with Gasteiger partial charge in [0, 0.05) is 55.4 Å². The van der Waals surface area contributed by atoms with Crippen LogP contribution in [-0.4, -0.2) is 51.7 Å². The molecule has 9 nitrogen and oxygen atoms in total. The molecule has 0 saturated carbocycles. The Labute approximate surface area is 237 Å². The summed E-state index contributed by atoms with van der Waals surface area (Å²) in [6.45, 7) is 5.36. The zero-order valence-corrected chi connectivity index (χ0v) is 22.7. The monoisotopic (exact) mass is 546 g/mol. The van der Waals surface area contributed by atoms with Crippen molar-refractivity contribution in [2.45, 2.75) is 13.5 Å². The zero-order chi connectivity index (χ0) is 28.3. The van der Waals surface area contributed by atoms with Crippen LogP contribution < -0.4 is 20.7 Å². The van der Waals surface area contributed by atoms with Gasteiger partial charge in [-0.25, -0.2) is 4.98 Å². The van der Waals surface area contributed by atoms with E-state index in [0.717, 1.165) is 48.5 Å². The largest absolute Gasteiger partial charge is 0.508 e. The number of pyridine rings is 1. The van der Waals surface area contributed by atoms with E-state index in [1.54, 1.807) is 47.0 Å². The second-order valence-electron chi connectivity index (χ2n) is 10.1. The van der Waals surface area contributed by atoms with Crippen molar-refractivity contribution in [1.82, 2.24) is 19.9 Å². The van der Waals surface area contributed by atoms with E-state index in [9.17, 15) is 14.7 Å². The number of phenols is 1. The maximum Gasteiger partial charge on any atom is 0.256 e. The highest BCUT2D eigenvalue weighted by atomic mass is 16.3. The van der Waals surface area contributed by atoms with Crippen LogP contribution in [0.25, 0.3) is 16.7 Å². The molecule has 1 amide bonds. The number of aryl methyl sites for hydroxylation is 1. The van der Waals surface area contributed by atoms with Crippen molar-refractivity contribution >= 4 is 28.6 Å². The lowest BCUT2D eigenvalue weighted by molar-refractivity contribution is 0.0951. The molecular formula is C32H30N6O3. The first-order valence-electron chi connectivity index (χ1n) is 13.6. The van der Waals surface area contributed by atoms with Crippen molar-refractivity contribution < 1.29 is 9.90 Å². The minimum atomic E-state index is -0.208. The molecule has 0 aliphatic carbocycles. The molecule has 0 spiro atoms. The standard InChI is InChI=1S/C32H30N6O3/c1-22-28-15-16-29(40)38(26-9-7-24(8-10-26)31(41)33-21-23-5-3-2-4-6-23)30(28)35-32(34-22)37-19-17-36(18-20-37)25-11-13-27(39)14-12-25/h2-16,39H,17-21H2,1H3,(H,33,41). The van der Waals surface area contributed by atoms with E-state index in [2.05, 4.69) is 15.1 Å². The summed E-state index contributed by atoms with van der Waals surface area (Å²) in [6.07, 6.45) is 0. The predicted molar refractivity (Wildman–Crippen MR) is 160 cm³/mol. The van der Waals surface area contributed by atoms with Crippen LogP contribution in [0.3, 0.4) is 0 Å². The third-order valence-electron chi connectivity index (χ3n) is 7.39. The minimum absolute atomic E-state index is 0.183. The Kier molecular flexibility index (Phi) is 7.08. The van der Waals surface area contributed by atoms with Crippen molar-refractivity contribution in [1.29, 1.82) is 0 Å². The fraction of sp³-hybridized carbons (Fsp3) is 0.188. The number of anilines is 2. The first kappa shape index (κ1) is 26.1. The van der Waals surface area contributed by atoms with Gasteiger partial charge in [0.15, 0.2) is 5.65 Å². The van der Waals surface area contributed by atoms with Crippen LogP contribution in [0.1, 0.15) is 21.6 Å². The third kappa shape index (κ3) is 5.47. The van der Waals surface area contributed by atoms with Gasteiger partial charge < -0.3 is 20.2 Å². The van der Waals surface area contributed by atoms with Gasteiger partial charge in [0.25, 0.3) is 11.5 Å². The van der Waals surface area contributed by atoms with Crippen molar-refractivity contribution in [3.8, 4) is 11.4 Å². The van der Waals surface area contributed by atoms with Gasteiger partial charge >= 0.3 is 0 Å². The summed E-state index contributed by atoms with van der Waals surface area (Å²) < 4.78 is 1.58. The van der Waals surface area contributed by atoms with Crippen LogP contribution in [0, 0.1) is 6.92 Å². The highest BCUT2D eigenvalue weighted by Crippen LogP contribution is 2.24. The van der Waals surface area contributed by atoms with Crippen molar-refractivity contribution in [2.24, 2.45) is 0 Å². The number of aromatic hydroxyl groups is 1. The number of amides is 1. The van der Waals surface area contributed by atoms with Gasteiger partial charge in [-0.15, -0.1) is 0 Å². The van der Waals surface area contributed by atoms with Gasteiger partial charge in [-0.2, -0.15) is 4.98 Å². The number of hydrogen-bond donors (Lipinski definition) is 2. The van der Waals surface area contributed by atoms with Crippen LogP contribution in [0.15, 0.2) is 95.8 Å². The topological polar surface area (TPSA) is 104 Å². The fourth-order valence-electron chi connectivity index (χ4n) is 5.11. The summed E-state index contributed by atoms with van der Waals surface area (Å²) in [6, 6.07) is 27.2. The number of hydrogen-bond acceptors (Lipinski definition) is 7. The molecule has 0 atom stereocenters. The number of benzene rings is 3. The lowest BCUT2D eigenvalue weighted by atomic mass is 10.1. The Hall–Kier alpha value is -5.18. The second kappa shape index (κ2) is 11.1. The molecule has 9 heteroatoms. The van der Waals surface area contributed by atoms with E-state index in [1.165, 1.54) is 6.07 Å². The molecule has 1 saturated heterocycles. The molecule has 0 radical (unpaired) electrons. The Morgan fingerprint density at radius 2 is 1.46 bits per heavy atom. The van der Waals surface area contributed by atoms with Crippen LogP contribution in [0.4, 0.5) is 11.6 Å². The number of nitrogens with one attached hydrogen (secondary N) is 1. The summed E-state index contributed by atoms with van der Waals surface area (Å²) in [4.78, 5) is 39.9. The molecule has 41 heavy (non-hydrogen) atoms. The number of carbonyl (C=O) groups is 1. The number of phenolic OH excluding ortho intramolecular Hbond substituents is 1. The summed E-state index contributed by atoms with van der Waals surface area (Å²) in [5.41, 5.74) is 4.33. The molecule has 2 N–H and O–H groups in total. The number of rotatable bonds is 6. The molecule has 206 valence electrons. The van der Waals surface area contributed by atoms with Gasteiger partial charge in [0.2, 0.25) is 5.95 Å². The highest BCUT2D eigenvalue weighted by molar-refractivity contribution is 5.94. The molecule has 0 bridgehead atoms. The minimum Gasteiger partial charge on any atom is -0.508 e. The predicted octanol–water partition coefficient (Wildman–Crippen LogP) is 4.05. The van der Waals surface area contributed by atoms with Gasteiger partial charge in [-0.1, -0.05) is 30.3 Å². The maximum absolute atomic E-state index is 13.1. The van der Waals surface area contributed by atoms with Gasteiger partial charge in [-0.05, 0) is 67.1 Å². The number of nitrogens with zero attached hydrogens (tertiary/aromatic N) is 5. The Balaban J connectivity index is 1.24. The molecule has 3 aromatic carbocycles. The van der Waals surface area contributed by atoms with Gasteiger partial charge in [-0.3, -0.25) is 14.2 Å². The molecule has 2 aromatic heterocycles. The first-order valence-corrected chi connectivity index (χ1v) is 13.6. The lowest BCUT2D eigenvalue weighted by Crippen LogP contribution is -2.47. The molecular weight excluding hydrogens is 516 g/mol. The van der Waals surface area contributed by atoms with Crippen molar-refractivity contribution in [2.75, 3.05) is 36.0 Å². The Bertz CT molecular complexity index is 1740. The van der Waals surface area contributed by atoms with E-state index in [-0.39, 0.29) is 17.2 Å². The maximum atomic E-state index is 13.1. The molecule has 3 heterocycles. The van der Waals surface area contributed by atoms with Crippen LogP contribution in [0.2, 0.25) is 0 Å². The lowest BCUT2D eigenvalue weighted by Gasteiger charge is -2.36. The van der Waals surface area contributed by atoms with Gasteiger partial charge in [0.1, 0.15) is 5.75 Å². The zero-order valence-electron chi connectivity index (χ0n) is 22.7. The van der Waals surface area contributed by atoms with E-state index >= 15 is 0 Å². The smallest absolute Gasteiger partial charge is 0.256 e. The quantitative estimate of drug-likeness (QED) is 0.331. The summed E-state index contributed by atoms with van der Waals surface area (Å²) in [7, 11) is 0. The normalized spacial score (nSPS) is 13.4. The van der Waals surface area contributed by atoms with Crippen LogP contribution in [0.5, 0.6) is 5.75 Å². The average molecular weight is 547 g/mol. The second-order valence-corrected chi connectivity index (χ2v) is 10.1. The molecule has 1 aliphatic heterocycles. The van der Waals surface area contributed by atoms with E-state index in [1.807, 2.05) is 49.4 Å². The molecule has 1 fully saturated rings. The van der Waals surface area contributed by atoms with E-state index in [4.69, 9.17) is 9.97 Å². The molecule has 5 aromatic rings. The number of piperazine rings is 1. The van der Waals surface area contributed by atoms with E-state index in [0.29, 0.717) is 29.4 Å². The highest BCUT2D eigenvalue weighted by Gasteiger charge is 2.21. The molecule has 0 unspecified atom stereocenters. The van der Waals surface area contributed by atoms with Gasteiger partial charge in [0.05, 0.1) is 11.4 Å². The molecule has 6 rings (SSSR count). The SMILES string of the molecule is Cc1nc(N2CCN(c3ccc(O)cc3)CC2)nc2c1ccc(=O)n2-c1ccc(C(=O)NCc2ccccc2)cc1. The van der Waals surface area contributed by atoms with Crippen molar-refractivity contribution in [3.63, 3.8) is 0 Å². The number of carbonyl (C=O) groups excluding carboxylic acids is 1. The first-order chi connectivity index (χ1) is 20.0. The summed E-state index contributed by atoms with van der Waals surface area (Å²) in [5.74, 6) is 0.647. The van der Waals surface area contributed by atoms with E-state index < -0.39 is 0 Å². The number of aromatic nitrogens is 3. The van der Waals surface area contributed by atoms with Crippen molar-refractivity contribution in [3.05, 3.63) is 118 Å². The number of fused-ring (bicyclic) bond motifs is 1. The van der Waals surface area contributed by atoms with Crippen LogP contribution >= 0.6 is 0 Å². The average Bonchev–Trinajstić information content (AvgIpc) is 3.01. The Morgan fingerprint density at radius 3 is 2.17 bits per heavy atom. The summed E-state index contributed by atoms with van der Waals surface area (Å²) in [5, 5.41) is 13.3. The fourth-order valence-corrected chi connectivity index (χ4v) is 5.11. The Morgan fingerprint density at radius 1 is 0.805 bits per heavy atom.